The number of carbonyl (C=O) groups excluding carboxylic acids is 2. The molecule has 5 nitrogen and oxygen atoms in total. The number of Topliss-reactive ketones (excluding diaryl/α,β-unsaturated/α-hetero) is 1. The van der Waals surface area contributed by atoms with Crippen molar-refractivity contribution >= 4 is 17.6 Å². The van der Waals surface area contributed by atoms with Crippen molar-refractivity contribution in [2.75, 3.05) is 11.9 Å². The zero-order valence-corrected chi connectivity index (χ0v) is 14.8. The molecule has 1 aromatic carbocycles. The van der Waals surface area contributed by atoms with Gasteiger partial charge in [-0.2, -0.15) is 0 Å². The molecule has 0 unspecified atom stereocenters. The Morgan fingerprint density at radius 3 is 2.46 bits per heavy atom. The van der Waals surface area contributed by atoms with E-state index in [1.807, 2.05) is 51.1 Å². The molecule has 0 aliphatic heterocycles. The van der Waals surface area contributed by atoms with E-state index in [0.717, 1.165) is 31.4 Å². The molecule has 1 aliphatic rings. The number of ether oxygens (including phenoxy) is 1. The summed E-state index contributed by atoms with van der Waals surface area (Å²) in [6.45, 7) is 5.78. The Balaban J connectivity index is 1.90. The maximum Gasteiger partial charge on any atom is 0.407 e. The number of nitrogens with one attached hydrogen (secondary N) is 2. The van der Waals surface area contributed by atoms with E-state index in [9.17, 15) is 9.59 Å². The number of anilines is 1. The van der Waals surface area contributed by atoms with Gasteiger partial charge in [0, 0.05) is 17.6 Å². The van der Waals surface area contributed by atoms with Crippen molar-refractivity contribution in [3.8, 4) is 0 Å². The highest BCUT2D eigenvalue weighted by atomic mass is 16.6. The summed E-state index contributed by atoms with van der Waals surface area (Å²) in [7, 11) is 0. The third-order valence-corrected chi connectivity index (χ3v) is 4.12. The van der Waals surface area contributed by atoms with Gasteiger partial charge in [0.25, 0.3) is 0 Å². The van der Waals surface area contributed by atoms with Crippen LogP contribution in [0.15, 0.2) is 30.3 Å². The molecular formula is C19H28N2O3. The van der Waals surface area contributed by atoms with E-state index >= 15 is 0 Å². The van der Waals surface area contributed by atoms with E-state index in [1.54, 1.807) is 0 Å². The van der Waals surface area contributed by atoms with E-state index in [2.05, 4.69) is 10.6 Å². The fourth-order valence-corrected chi connectivity index (χ4v) is 3.02. The van der Waals surface area contributed by atoms with E-state index < -0.39 is 11.7 Å². The first kappa shape index (κ1) is 18.3. The minimum atomic E-state index is -0.535. The van der Waals surface area contributed by atoms with Gasteiger partial charge in [-0.25, -0.2) is 4.79 Å². The zero-order valence-electron chi connectivity index (χ0n) is 14.8. The lowest BCUT2D eigenvalue weighted by Crippen LogP contribution is -2.47. The molecule has 0 radical (unpaired) electrons. The van der Waals surface area contributed by atoms with Crippen LogP contribution in [0.25, 0.3) is 0 Å². The summed E-state index contributed by atoms with van der Waals surface area (Å²) in [5, 5.41) is 6.06. The van der Waals surface area contributed by atoms with Crippen LogP contribution < -0.4 is 10.6 Å². The van der Waals surface area contributed by atoms with E-state index in [0.29, 0.717) is 0 Å². The van der Waals surface area contributed by atoms with Crippen molar-refractivity contribution in [3.05, 3.63) is 30.3 Å². The molecule has 0 heterocycles. The van der Waals surface area contributed by atoms with Gasteiger partial charge in [0.2, 0.25) is 0 Å². The number of rotatable bonds is 5. The molecule has 24 heavy (non-hydrogen) atoms. The number of hydrogen-bond acceptors (Lipinski definition) is 4. The van der Waals surface area contributed by atoms with Crippen LogP contribution in [0.5, 0.6) is 0 Å². The second-order valence-electron chi connectivity index (χ2n) is 7.33. The predicted molar refractivity (Wildman–Crippen MR) is 95.1 cm³/mol. The van der Waals surface area contributed by atoms with E-state index in [4.69, 9.17) is 4.74 Å². The standard InChI is InChI=1S/C19H28N2O3/c1-19(2,3)24-18(23)21-16-12-8-7-11-15(16)17(22)13-20-14-9-5-4-6-10-14/h4-6,9-10,15-16,20H,7-8,11-13H2,1-3H3,(H,21,23)/t15-,16+/m1/s1. The molecule has 0 spiro atoms. The van der Waals surface area contributed by atoms with E-state index in [1.165, 1.54) is 0 Å². The van der Waals surface area contributed by atoms with Crippen LogP contribution in [-0.4, -0.2) is 30.1 Å². The van der Waals surface area contributed by atoms with Crippen molar-refractivity contribution in [1.82, 2.24) is 5.32 Å². The van der Waals surface area contributed by atoms with Crippen LogP contribution in [0.4, 0.5) is 10.5 Å². The van der Waals surface area contributed by atoms with Gasteiger partial charge in [-0.1, -0.05) is 31.0 Å². The van der Waals surface area contributed by atoms with Gasteiger partial charge in [-0.15, -0.1) is 0 Å². The molecule has 5 heteroatoms. The molecule has 1 amide bonds. The van der Waals surface area contributed by atoms with Gasteiger partial charge in [0.05, 0.1) is 6.54 Å². The normalized spacial score (nSPS) is 21.0. The fourth-order valence-electron chi connectivity index (χ4n) is 3.02. The Bertz CT molecular complexity index is 551. The second kappa shape index (κ2) is 8.18. The Hall–Kier alpha value is -2.04. The minimum Gasteiger partial charge on any atom is -0.444 e. The van der Waals surface area contributed by atoms with Gasteiger partial charge in [-0.05, 0) is 45.7 Å². The Morgan fingerprint density at radius 1 is 1.12 bits per heavy atom. The number of benzene rings is 1. The average molecular weight is 332 g/mol. The first-order valence-electron chi connectivity index (χ1n) is 8.66. The summed E-state index contributed by atoms with van der Waals surface area (Å²) in [5.41, 5.74) is 0.394. The maximum atomic E-state index is 12.6. The van der Waals surface area contributed by atoms with Crippen LogP contribution in [0.1, 0.15) is 46.5 Å². The van der Waals surface area contributed by atoms with Crippen LogP contribution in [-0.2, 0) is 9.53 Å². The van der Waals surface area contributed by atoms with Crippen LogP contribution in [0.3, 0.4) is 0 Å². The number of carbonyl (C=O) groups is 2. The number of para-hydroxylation sites is 1. The highest BCUT2D eigenvalue weighted by Gasteiger charge is 2.32. The average Bonchev–Trinajstić information content (AvgIpc) is 2.52. The van der Waals surface area contributed by atoms with Gasteiger partial charge in [0.1, 0.15) is 5.60 Å². The highest BCUT2D eigenvalue weighted by Crippen LogP contribution is 2.26. The molecule has 2 rings (SSSR count). The second-order valence-corrected chi connectivity index (χ2v) is 7.33. The molecule has 2 N–H and O–H groups in total. The topological polar surface area (TPSA) is 67.4 Å². The molecular weight excluding hydrogens is 304 g/mol. The first-order chi connectivity index (χ1) is 11.3. The van der Waals surface area contributed by atoms with Crippen molar-refractivity contribution in [2.24, 2.45) is 5.92 Å². The van der Waals surface area contributed by atoms with Crippen molar-refractivity contribution in [1.29, 1.82) is 0 Å². The van der Waals surface area contributed by atoms with Crippen LogP contribution in [0.2, 0.25) is 0 Å². The first-order valence-corrected chi connectivity index (χ1v) is 8.66. The Kier molecular flexibility index (Phi) is 6.23. The van der Waals surface area contributed by atoms with Crippen LogP contribution in [0, 0.1) is 5.92 Å². The molecule has 0 saturated heterocycles. The Labute approximate surface area is 144 Å². The SMILES string of the molecule is CC(C)(C)OC(=O)N[C@H]1CCCC[C@H]1C(=O)CNc1ccccc1. The Morgan fingerprint density at radius 2 is 1.79 bits per heavy atom. The van der Waals surface area contributed by atoms with Gasteiger partial charge >= 0.3 is 6.09 Å². The van der Waals surface area contributed by atoms with Gasteiger partial charge in [-0.3, -0.25) is 4.79 Å². The fraction of sp³-hybridized carbons (Fsp3) is 0.579. The van der Waals surface area contributed by atoms with Crippen LogP contribution >= 0.6 is 0 Å². The van der Waals surface area contributed by atoms with Gasteiger partial charge in [0.15, 0.2) is 5.78 Å². The summed E-state index contributed by atoms with van der Waals surface area (Å²) in [6, 6.07) is 9.53. The third-order valence-electron chi connectivity index (χ3n) is 4.12. The van der Waals surface area contributed by atoms with E-state index in [-0.39, 0.29) is 24.3 Å². The van der Waals surface area contributed by atoms with Crippen molar-refractivity contribution in [3.63, 3.8) is 0 Å². The smallest absolute Gasteiger partial charge is 0.407 e. The lowest BCUT2D eigenvalue weighted by molar-refractivity contribution is -0.122. The number of hydrogen-bond donors (Lipinski definition) is 2. The summed E-state index contributed by atoms with van der Waals surface area (Å²) in [5.74, 6) is -0.0120. The molecule has 1 aliphatic carbocycles. The summed E-state index contributed by atoms with van der Waals surface area (Å²) < 4.78 is 5.32. The number of ketones is 1. The quantitative estimate of drug-likeness (QED) is 0.862. The molecule has 1 aromatic rings. The maximum absolute atomic E-state index is 12.6. The highest BCUT2D eigenvalue weighted by molar-refractivity contribution is 5.86. The van der Waals surface area contributed by atoms with Crippen molar-refractivity contribution < 1.29 is 14.3 Å². The van der Waals surface area contributed by atoms with Crippen molar-refractivity contribution in [2.45, 2.75) is 58.1 Å². The third kappa shape index (κ3) is 5.87. The zero-order chi connectivity index (χ0) is 17.6. The lowest BCUT2D eigenvalue weighted by atomic mass is 9.81. The molecule has 132 valence electrons. The summed E-state index contributed by atoms with van der Waals surface area (Å²) >= 11 is 0. The number of alkyl carbamates (subject to hydrolysis) is 1. The monoisotopic (exact) mass is 332 g/mol. The summed E-state index contributed by atoms with van der Waals surface area (Å²) in [6.07, 6.45) is 3.24. The molecule has 1 saturated carbocycles. The minimum absolute atomic E-state index is 0.139. The molecule has 0 aromatic heterocycles. The molecule has 1 fully saturated rings. The molecule has 2 atom stereocenters. The van der Waals surface area contributed by atoms with Gasteiger partial charge < -0.3 is 15.4 Å². The largest absolute Gasteiger partial charge is 0.444 e. The lowest BCUT2D eigenvalue weighted by Gasteiger charge is -2.32. The predicted octanol–water partition coefficient (Wildman–Crippen LogP) is 3.75. The number of amides is 1. The summed E-state index contributed by atoms with van der Waals surface area (Å²) in [4.78, 5) is 24.6. The molecule has 0 bridgehead atoms.